The Bertz CT molecular complexity index is 360. The summed E-state index contributed by atoms with van der Waals surface area (Å²) in [7, 11) is 0. The number of allylic oxidation sites excluding steroid dienone is 1. The summed E-state index contributed by atoms with van der Waals surface area (Å²) in [6, 6.07) is 0.489. The molecule has 2 aliphatic heterocycles. The maximum atomic E-state index is 5.55. The molecule has 2 fully saturated rings. The Labute approximate surface area is 143 Å². The van der Waals surface area contributed by atoms with Gasteiger partial charge in [0.25, 0.3) is 0 Å². The minimum Gasteiger partial charge on any atom is -0.404 e. The fourth-order valence-electron chi connectivity index (χ4n) is 2.96. The fraction of sp³-hybridized carbons (Fsp3) is 0.842. The number of likely N-dealkylation sites (tertiary alicyclic amines) is 1. The molecule has 0 aromatic heterocycles. The van der Waals surface area contributed by atoms with E-state index in [1.807, 2.05) is 20.1 Å². The molecule has 2 saturated heterocycles. The normalized spacial score (nSPS) is 26.2. The summed E-state index contributed by atoms with van der Waals surface area (Å²) < 4.78 is 5.44. The third kappa shape index (κ3) is 7.98. The number of epoxide rings is 1. The van der Waals surface area contributed by atoms with Crippen molar-refractivity contribution in [3.63, 3.8) is 0 Å². The number of hydrogen-bond acceptors (Lipinski definition) is 4. The van der Waals surface area contributed by atoms with Crippen molar-refractivity contribution in [1.82, 2.24) is 4.90 Å². The molecule has 2 rings (SSSR count). The van der Waals surface area contributed by atoms with E-state index in [0.717, 1.165) is 12.0 Å². The monoisotopic (exact) mass is 323 g/mol. The molecule has 0 aliphatic carbocycles. The minimum absolute atomic E-state index is 0.489. The predicted molar refractivity (Wildman–Crippen MR) is 100 cm³/mol. The van der Waals surface area contributed by atoms with Crippen molar-refractivity contribution in [2.24, 2.45) is 10.7 Å². The van der Waals surface area contributed by atoms with Gasteiger partial charge in [-0.1, -0.05) is 20.8 Å². The molecule has 134 valence electrons. The number of rotatable bonds is 8. The molecule has 2 aliphatic rings. The first kappa shape index (κ1) is 20.2. The van der Waals surface area contributed by atoms with Gasteiger partial charge in [-0.05, 0) is 63.8 Å². The summed E-state index contributed by atoms with van der Waals surface area (Å²) >= 11 is 0. The van der Waals surface area contributed by atoms with Gasteiger partial charge in [0, 0.05) is 19.3 Å². The molecule has 2 atom stereocenters. The van der Waals surface area contributed by atoms with E-state index in [1.54, 1.807) is 6.20 Å². The fourth-order valence-corrected chi connectivity index (χ4v) is 2.96. The Morgan fingerprint density at radius 2 is 1.91 bits per heavy atom. The lowest BCUT2D eigenvalue weighted by Crippen LogP contribution is -2.36. The van der Waals surface area contributed by atoms with Crippen molar-refractivity contribution < 1.29 is 4.74 Å². The van der Waals surface area contributed by atoms with Crippen molar-refractivity contribution in [2.45, 2.75) is 84.5 Å². The highest BCUT2D eigenvalue weighted by Gasteiger charge is 2.32. The zero-order valence-corrected chi connectivity index (χ0v) is 15.6. The van der Waals surface area contributed by atoms with Crippen LogP contribution in [0.5, 0.6) is 0 Å². The Kier molecular flexibility index (Phi) is 10.2. The van der Waals surface area contributed by atoms with Gasteiger partial charge in [-0.2, -0.15) is 0 Å². The number of aliphatic imine (C=N–C) groups is 1. The number of piperidine rings is 1. The predicted octanol–water partition coefficient (Wildman–Crippen LogP) is 3.76. The van der Waals surface area contributed by atoms with Gasteiger partial charge in [0.05, 0.1) is 18.2 Å². The van der Waals surface area contributed by atoms with Gasteiger partial charge in [0.1, 0.15) is 0 Å². The molecule has 2 N–H and O–H groups in total. The van der Waals surface area contributed by atoms with Crippen molar-refractivity contribution in [3.8, 4) is 0 Å². The first-order chi connectivity index (χ1) is 11.2. The molecule has 2 unspecified atom stereocenters. The number of hydrogen-bond donors (Lipinski definition) is 1. The van der Waals surface area contributed by atoms with Gasteiger partial charge >= 0.3 is 0 Å². The molecular weight excluding hydrogens is 286 g/mol. The van der Waals surface area contributed by atoms with E-state index in [4.69, 9.17) is 10.5 Å². The van der Waals surface area contributed by atoms with Gasteiger partial charge in [-0.25, -0.2) is 0 Å². The zero-order valence-electron chi connectivity index (χ0n) is 15.6. The first-order valence-corrected chi connectivity index (χ1v) is 9.54. The summed E-state index contributed by atoms with van der Waals surface area (Å²) in [5, 5.41) is 0. The Balaban J connectivity index is 0.00000127. The van der Waals surface area contributed by atoms with Crippen LogP contribution in [0, 0.1) is 0 Å². The van der Waals surface area contributed by atoms with E-state index in [2.05, 4.69) is 23.7 Å². The van der Waals surface area contributed by atoms with Crippen molar-refractivity contribution in [3.05, 3.63) is 11.8 Å². The van der Waals surface area contributed by atoms with Crippen LogP contribution in [0.2, 0.25) is 0 Å². The molecule has 0 spiro atoms. The van der Waals surface area contributed by atoms with Crippen LogP contribution in [-0.2, 0) is 4.74 Å². The van der Waals surface area contributed by atoms with E-state index >= 15 is 0 Å². The lowest BCUT2D eigenvalue weighted by atomic mass is 10.0. The number of ether oxygens (including phenoxy) is 1. The van der Waals surface area contributed by atoms with Crippen LogP contribution in [0.25, 0.3) is 0 Å². The van der Waals surface area contributed by atoms with Crippen molar-refractivity contribution in [1.29, 1.82) is 0 Å². The Morgan fingerprint density at radius 1 is 1.26 bits per heavy atom. The van der Waals surface area contributed by atoms with E-state index in [0.29, 0.717) is 18.2 Å². The third-order valence-electron chi connectivity index (χ3n) is 4.68. The molecule has 0 bridgehead atoms. The van der Waals surface area contributed by atoms with Crippen molar-refractivity contribution >= 4 is 6.21 Å². The summed E-state index contributed by atoms with van der Waals surface area (Å²) in [6.07, 6.45) is 11.9. The summed E-state index contributed by atoms with van der Waals surface area (Å²) in [5.41, 5.74) is 6.69. The molecule has 2 heterocycles. The number of unbranched alkanes of at least 4 members (excludes halogenated alkanes) is 1. The van der Waals surface area contributed by atoms with E-state index < -0.39 is 0 Å². The van der Waals surface area contributed by atoms with Crippen LogP contribution in [0.3, 0.4) is 0 Å². The molecule has 0 aromatic rings. The van der Waals surface area contributed by atoms with E-state index in [9.17, 15) is 0 Å². The molecule has 4 nitrogen and oxygen atoms in total. The summed E-state index contributed by atoms with van der Waals surface area (Å²) in [5.74, 6) is 0. The van der Waals surface area contributed by atoms with Crippen LogP contribution in [-0.4, -0.2) is 49.0 Å². The molecular formula is C19H37N3O. The largest absolute Gasteiger partial charge is 0.404 e. The average Bonchev–Trinajstić information content (AvgIpc) is 3.31. The lowest BCUT2D eigenvalue weighted by Gasteiger charge is -2.30. The zero-order chi connectivity index (χ0) is 17.1. The summed E-state index contributed by atoms with van der Waals surface area (Å²) in [4.78, 5) is 7.27. The topological polar surface area (TPSA) is 54.1 Å². The summed E-state index contributed by atoms with van der Waals surface area (Å²) in [6.45, 7) is 11.9. The third-order valence-corrected chi connectivity index (χ3v) is 4.68. The van der Waals surface area contributed by atoms with Crippen LogP contribution in [0.1, 0.15) is 66.2 Å². The van der Waals surface area contributed by atoms with Gasteiger partial charge in [-0.3, -0.25) is 4.99 Å². The minimum atomic E-state index is 0.489. The maximum Gasteiger partial charge on any atom is 0.0839 e. The van der Waals surface area contributed by atoms with Gasteiger partial charge in [-0.15, -0.1) is 0 Å². The highest BCUT2D eigenvalue weighted by Crippen LogP contribution is 2.26. The second-order valence-corrected chi connectivity index (χ2v) is 6.32. The van der Waals surface area contributed by atoms with Crippen LogP contribution >= 0.6 is 0 Å². The van der Waals surface area contributed by atoms with Crippen LogP contribution < -0.4 is 5.73 Å². The second-order valence-electron chi connectivity index (χ2n) is 6.32. The Morgan fingerprint density at radius 3 is 2.43 bits per heavy atom. The van der Waals surface area contributed by atoms with Gasteiger partial charge < -0.3 is 15.4 Å². The molecule has 23 heavy (non-hydrogen) atoms. The maximum absolute atomic E-state index is 5.55. The van der Waals surface area contributed by atoms with Gasteiger partial charge in [0.2, 0.25) is 0 Å². The molecule has 0 radical (unpaired) electrons. The number of nitrogens with zero attached hydrogens (tertiary/aromatic N) is 2. The first-order valence-electron chi connectivity index (χ1n) is 9.54. The SMILES string of the molecule is CC.CC/C(C=NC1CCN(CCCCC2OC2C)CC1)=C/N. The quantitative estimate of drug-likeness (QED) is 0.420. The molecule has 0 saturated carbocycles. The molecule has 0 amide bonds. The lowest BCUT2D eigenvalue weighted by molar-refractivity contribution is 0.209. The average molecular weight is 324 g/mol. The second kappa shape index (κ2) is 11.6. The number of nitrogens with two attached hydrogens (primary N) is 1. The standard InChI is InChI=1S/C17H31N3O.C2H6/c1-3-15(12-18)13-19-16-7-10-20(11-8-16)9-5-4-6-17-14(2)21-17;1-2/h12-14,16-17H,3-11,18H2,1-2H3;1-2H3/b15-12-,19-13?;. The molecule has 4 heteroatoms. The van der Waals surface area contributed by atoms with Crippen LogP contribution in [0.15, 0.2) is 16.8 Å². The smallest absolute Gasteiger partial charge is 0.0839 e. The highest BCUT2D eigenvalue weighted by atomic mass is 16.6. The van der Waals surface area contributed by atoms with Crippen LogP contribution in [0.4, 0.5) is 0 Å². The van der Waals surface area contributed by atoms with E-state index in [1.165, 1.54) is 51.7 Å². The van der Waals surface area contributed by atoms with Crippen molar-refractivity contribution in [2.75, 3.05) is 19.6 Å². The molecule has 0 aromatic carbocycles. The highest BCUT2D eigenvalue weighted by molar-refractivity contribution is 5.78. The Hall–Kier alpha value is -0.870. The van der Waals surface area contributed by atoms with E-state index in [-0.39, 0.29) is 0 Å². The van der Waals surface area contributed by atoms with Gasteiger partial charge in [0.15, 0.2) is 0 Å².